The zero-order valence-corrected chi connectivity index (χ0v) is 15.7. The van der Waals surface area contributed by atoms with Gasteiger partial charge in [0.2, 0.25) is 0 Å². The Hall–Kier alpha value is -3.61. The van der Waals surface area contributed by atoms with Crippen LogP contribution in [0.4, 0.5) is 0 Å². The average Bonchev–Trinajstić information content (AvgIpc) is 3.14. The van der Waals surface area contributed by atoms with Crippen LogP contribution in [0, 0.1) is 5.92 Å². The summed E-state index contributed by atoms with van der Waals surface area (Å²) < 4.78 is 1.63. The Morgan fingerprint density at radius 2 is 1.82 bits per heavy atom. The van der Waals surface area contributed by atoms with E-state index in [9.17, 15) is 4.79 Å². The summed E-state index contributed by atoms with van der Waals surface area (Å²) in [5.41, 5.74) is 1.78. The highest BCUT2D eigenvalue weighted by atomic mass is 16.1. The monoisotopic (exact) mass is 372 g/mol. The summed E-state index contributed by atoms with van der Waals surface area (Å²) in [5, 5.41) is 4.64. The van der Waals surface area contributed by atoms with Crippen LogP contribution >= 0.6 is 0 Å². The highest BCUT2D eigenvalue weighted by Gasteiger charge is 2.18. The summed E-state index contributed by atoms with van der Waals surface area (Å²) in [6, 6.07) is 17.1. The number of rotatable bonds is 5. The molecule has 0 atom stereocenters. The normalized spacial score (nSPS) is 11.1. The number of H-pyrrole nitrogens is 1. The van der Waals surface area contributed by atoms with Crippen molar-refractivity contribution >= 4 is 0 Å². The van der Waals surface area contributed by atoms with Crippen molar-refractivity contribution in [1.82, 2.24) is 29.7 Å². The maximum atomic E-state index is 12.2. The van der Waals surface area contributed by atoms with Gasteiger partial charge >= 0.3 is 5.69 Å². The van der Waals surface area contributed by atoms with Crippen molar-refractivity contribution < 1.29 is 0 Å². The molecular weight excluding hydrogens is 352 g/mol. The molecule has 3 heterocycles. The van der Waals surface area contributed by atoms with E-state index in [1.165, 1.54) is 0 Å². The molecule has 0 saturated heterocycles. The number of nitrogens with zero attached hydrogens (tertiary/aromatic N) is 5. The predicted octanol–water partition coefficient (Wildman–Crippen LogP) is 3.28. The number of benzene rings is 1. The van der Waals surface area contributed by atoms with Crippen molar-refractivity contribution in [1.29, 1.82) is 0 Å². The van der Waals surface area contributed by atoms with Crippen LogP contribution in [-0.4, -0.2) is 29.7 Å². The van der Waals surface area contributed by atoms with Gasteiger partial charge in [0, 0.05) is 17.5 Å². The third-order valence-electron chi connectivity index (χ3n) is 4.16. The van der Waals surface area contributed by atoms with E-state index in [2.05, 4.69) is 38.9 Å². The molecule has 4 aromatic rings. The molecule has 0 unspecified atom stereocenters. The molecule has 0 radical (unpaired) electrons. The standard InChI is InChI=1S/C21H20N6O/c1-14(2)12-16-13-17(24-21(28)23-16)20-25-19(15-8-4-3-5-9-15)26-27(20)18-10-6-7-11-22-18/h3-11,13-14H,12H2,1-2H3,(H,23,24,28). The minimum atomic E-state index is -0.398. The smallest absolute Gasteiger partial charge is 0.310 e. The van der Waals surface area contributed by atoms with E-state index in [0.29, 0.717) is 29.1 Å². The summed E-state index contributed by atoms with van der Waals surface area (Å²) in [6.07, 6.45) is 2.44. The average molecular weight is 372 g/mol. The van der Waals surface area contributed by atoms with Crippen molar-refractivity contribution in [3.63, 3.8) is 0 Å². The minimum Gasteiger partial charge on any atom is -0.310 e. The first-order valence-corrected chi connectivity index (χ1v) is 9.14. The molecule has 0 aliphatic rings. The van der Waals surface area contributed by atoms with Gasteiger partial charge in [-0.25, -0.2) is 14.8 Å². The second-order valence-electron chi connectivity index (χ2n) is 6.92. The van der Waals surface area contributed by atoms with Gasteiger partial charge in [0.05, 0.1) is 0 Å². The van der Waals surface area contributed by atoms with Gasteiger partial charge in [-0.15, -0.1) is 5.10 Å². The van der Waals surface area contributed by atoms with E-state index in [1.807, 2.05) is 54.6 Å². The quantitative estimate of drug-likeness (QED) is 0.581. The molecule has 140 valence electrons. The number of hydrogen-bond donors (Lipinski definition) is 1. The maximum absolute atomic E-state index is 12.2. The Bertz CT molecular complexity index is 1130. The van der Waals surface area contributed by atoms with E-state index >= 15 is 0 Å². The number of pyridine rings is 1. The molecule has 0 saturated carbocycles. The Labute approximate surface area is 162 Å². The lowest BCUT2D eigenvalue weighted by molar-refractivity contribution is 0.632. The van der Waals surface area contributed by atoms with E-state index < -0.39 is 5.69 Å². The van der Waals surface area contributed by atoms with Crippen LogP contribution in [0.1, 0.15) is 19.5 Å². The Morgan fingerprint density at radius 3 is 2.54 bits per heavy atom. The van der Waals surface area contributed by atoms with Gasteiger partial charge in [-0.2, -0.15) is 9.67 Å². The van der Waals surface area contributed by atoms with Crippen LogP contribution in [0.15, 0.2) is 65.6 Å². The lowest BCUT2D eigenvalue weighted by atomic mass is 10.1. The Balaban J connectivity index is 1.90. The molecule has 3 aromatic heterocycles. The van der Waals surface area contributed by atoms with Crippen molar-refractivity contribution in [2.75, 3.05) is 0 Å². The Morgan fingerprint density at radius 1 is 1.04 bits per heavy atom. The van der Waals surface area contributed by atoms with Crippen LogP contribution in [0.25, 0.3) is 28.7 Å². The summed E-state index contributed by atoms with van der Waals surface area (Å²) in [5.74, 6) is 2.04. The Kier molecular flexibility index (Phi) is 4.80. The molecule has 7 nitrogen and oxygen atoms in total. The van der Waals surface area contributed by atoms with Crippen LogP contribution in [0.2, 0.25) is 0 Å². The van der Waals surface area contributed by atoms with Gasteiger partial charge in [-0.3, -0.25) is 0 Å². The van der Waals surface area contributed by atoms with Crippen LogP contribution in [-0.2, 0) is 6.42 Å². The number of aromatic amines is 1. The lowest BCUT2D eigenvalue weighted by Crippen LogP contribution is -2.16. The highest BCUT2D eigenvalue weighted by Crippen LogP contribution is 2.23. The van der Waals surface area contributed by atoms with E-state index in [4.69, 9.17) is 0 Å². The topological polar surface area (TPSA) is 89.3 Å². The molecule has 1 N–H and O–H groups in total. The SMILES string of the molecule is CC(C)Cc1cc(-c2nc(-c3ccccc3)nn2-c2ccccn2)nc(=O)[nH]1. The third-order valence-corrected chi connectivity index (χ3v) is 4.16. The summed E-state index contributed by atoms with van der Waals surface area (Å²) in [7, 11) is 0. The minimum absolute atomic E-state index is 0.398. The fraction of sp³-hybridized carbons (Fsp3) is 0.190. The second-order valence-corrected chi connectivity index (χ2v) is 6.92. The van der Waals surface area contributed by atoms with Gasteiger partial charge in [0.1, 0.15) is 5.69 Å². The van der Waals surface area contributed by atoms with Gasteiger partial charge < -0.3 is 4.98 Å². The first-order valence-electron chi connectivity index (χ1n) is 9.14. The number of aromatic nitrogens is 6. The summed E-state index contributed by atoms with van der Waals surface area (Å²) in [6.45, 7) is 4.20. The van der Waals surface area contributed by atoms with Gasteiger partial charge in [0.15, 0.2) is 17.5 Å². The van der Waals surface area contributed by atoms with Crippen molar-refractivity contribution in [3.05, 3.63) is 77.0 Å². The van der Waals surface area contributed by atoms with Gasteiger partial charge in [-0.05, 0) is 30.5 Å². The van der Waals surface area contributed by atoms with E-state index in [0.717, 1.165) is 17.7 Å². The zero-order valence-electron chi connectivity index (χ0n) is 15.7. The number of hydrogen-bond acceptors (Lipinski definition) is 5. The molecule has 0 spiro atoms. The first kappa shape index (κ1) is 17.8. The molecule has 1 aromatic carbocycles. The van der Waals surface area contributed by atoms with Crippen LogP contribution < -0.4 is 5.69 Å². The third kappa shape index (κ3) is 3.73. The van der Waals surface area contributed by atoms with Crippen molar-refractivity contribution in [3.8, 4) is 28.7 Å². The van der Waals surface area contributed by atoms with Crippen LogP contribution in [0.5, 0.6) is 0 Å². The zero-order chi connectivity index (χ0) is 19.5. The number of nitrogens with one attached hydrogen (secondary N) is 1. The molecule has 28 heavy (non-hydrogen) atoms. The molecule has 0 aliphatic carbocycles. The van der Waals surface area contributed by atoms with Gasteiger partial charge in [0.25, 0.3) is 0 Å². The molecule has 0 amide bonds. The fourth-order valence-electron chi connectivity index (χ4n) is 3.00. The lowest BCUT2D eigenvalue weighted by Gasteiger charge is -2.07. The fourth-order valence-corrected chi connectivity index (χ4v) is 3.00. The van der Waals surface area contributed by atoms with Gasteiger partial charge in [-0.1, -0.05) is 50.2 Å². The predicted molar refractivity (Wildman–Crippen MR) is 107 cm³/mol. The molecule has 7 heteroatoms. The highest BCUT2D eigenvalue weighted by molar-refractivity contribution is 5.61. The largest absolute Gasteiger partial charge is 0.345 e. The van der Waals surface area contributed by atoms with E-state index in [-0.39, 0.29) is 0 Å². The van der Waals surface area contributed by atoms with Crippen molar-refractivity contribution in [2.45, 2.75) is 20.3 Å². The molecule has 0 fully saturated rings. The van der Waals surface area contributed by atoms with Crippen LogP contribution in [0.3, 0.4) is 0 Å². The maximum Gasteiger partial charge on any atom is 0.345 e. The molecule has 4 rings (SSSR count). The molecule has 0 aliphatic heterocycles. The second kappa shape index (κ2) is 7.56. The van der Waals surface area contributed by atoms with Crippen molar-refractivity contribution in [2.24, 2.45) is 5.92 Å². The molecule has 0 bridgehead atoms. The summed E-state index contributed by atoms with van der Waals surface area (Å²) in [4.78, 5) is 28.2. The van der Waals surface area contributed by atoms with E-state index in [1.54, 1.807) is 10.9 Å². The molecular formula is C21H20N6O. The first-order chi connectivity index (χ1) is 13.6. The summed E-state index contributed by atoms with van der Waals surface area (Å²) >= 11 is 0.